The number of rotatable bonds is 5. The summed E-state index contributed by atoms with van der Waals surface area (Å²) in [5.74, 6) is -0.340. The number of non-ortho nitro benzene ring substituents is 1. The molecule has 164 valence electrons. The van der Waals surface area contributed by atoms with E-state index in [0.717, 1.165) is 37.3 Å². The van der Waals surface area contributed by atoms with Gasteiger partial charge in [0.15, 0.2) is 0 Å². The molecule has 8 nitrogen and oxygen atoms in total. The summed E-state index contributed by atoms with van der Waals surface area (Å²) in [5, 5.41) is 14.4. The fourth-order valence-corrected chi connectivity index (χ4v) is 4.26. The van der Waals surface area contributed by atoms with E-state index in [0.29, 0.717) is 37.6 Å². The summed E-state index contributed by atoms with van der Waals surface area (Å²) in [7, 11) is 0. The van der Waals surface area contributed by atoms with E-state index in [1.165, 1.54) is 25.0 Å². The van der Waals surface area contributed by atoms with Crippen LogP contribution >= 0.6 is 0 Å². The third-order valence-corrected chi connectivity index (χ3v) is 5.89. The Kier molecular flexibility index (Phi) is 6.66. The Bertz CT molecular complexity index is 935. The van der Waals surface area contributed by atoms with E-state index in [2.05, 4.69) is 10.2 Å². The average Bonchev–Trinajstić information content (AvgIpc) is 3.09. The van der Waals surface area contributed by atoms with Crippen LogP contribution in [0.4, 0.5) is 22.7 Å². The Labute approximate surface area is 181 Å². The summed E-state index contributed by atoms with van der Waals surface area (Å²) in [5.41, 5.74) is 2.63. The van der Waals surface area contributed by atoms with Gasteiger partial charge in [-0.05, 0) is 31.0 Å². The number of hydrogen-bond donors (Lipinski definition) is 1. The van der Waals surface area contributed by atoms with Gasteiger partial charge >= 0.3 is 0 Å². The number of nitro groups is 1. The van der Waals surface area contributed by atoms with Crippen LogP contribution in [-0.2, 0) is 4.74 Å². The van der Waals surface area contributed by atoms with Crippen LogP contribution in [0.5, 0.6) is 0 Å². The van der Waals surface area contributed by atoms with Crippen LogP contribution in [0.2, 0.25) is 0 Å². The summed E-state index contributed by atoms with van der Waals surface area (Å²) < 4.78 is 5.42. The van der Waals surface area contributed by atoms with Crippen molar-refractivity contribution in [3.8, 4) is 0 Å². The van der Waals surface area contributed by atoms with Crippen molar-refractivity contribution in [2.75, 3.05) is 54.5 Å². The molecule has 4 rings (SSSR count). The van der Waals surface area contributed by atoms with Gasteiger partial charge in [0, 0.05) is 38.3 Å². The van der Waals surface area contributed by atoms with Gasteiger partial charge in [-0.1, -0.05) is 25.0 Å². The summed E-state index contributed by atoms with van der Waals surface area (Å²) in [6.45, 7) is 4.34. The number of hydrogen-bond acceptors (Lipinski definition) is 6. The van der Waals surface area contributed by atoms with E-state index in [-0.39, 0.29) is 11.6 Å². The Morgan fingerprint density at radius 1 is 0.903 bits per heavy atom. The van der Waals surface area contributed by atoms with Crippen molar-refractivity contribution in [3.63, 3.8) is 0 Å². The number of anilines is 3. The molecule has 1 N–H and O–H groups in total. The molecule has 1 amide bonds. The highest BCUT2D eigenvalue weighted by molar-refractivity contribution is 6.10. The van der Waals surface area contributed by atoms with Gasteiger partial charge < -0.3 is 19.9 Å². The van der Waals surface area contributed by atoms with Crippen molar-refractivity contribution in [1.29, 1.82) is 0 Å². The van der Waals surface area contributed by atoms with Crippen molar-refractivity contribution in [1.82, 2.24) is 0 Å². The average molecular weight is 425 g/mol. The molecular weight excluding hydrogens is 396 g/mol. The molecule has 2 aromatic rings. The zero-order valence-corrected chi connectivity index (χ0v) is 17.6. The van der Waals surface area contributed by atoms with E-state index in [9.17, 15) is 14.9 Å². The molecule has 8 heteroatoms. The van der Waals surface area contributed by atoms with Crippen LogP contribution in [0, 0.1) is 10.1 Å². The lowest BCUT2D eigenvalue weighted by molar-refractivity contribution is -0.384. The topological polar surface area (TPSA) is 88.0 Å². The number of morpholine rings is 1. The second-order valence-electron chi connectivity index (χ2n) is 7.93. The molecule has 0 radical (unpaired) electrons. The number of ether oxygens (including phenoxy) is 1. The first-order chi connectivity index (χ1) is 15.1. The molecule has 0 spiro atoms. The zero-order chi connectivity index (χ0) is 21.6. The Morgan fingerprint density at radius 2 is 1.58 bits per heavy atom. The highest BCUT2D eigenvalue weighted by Gasteiger charge is 2.23. The molecule has 2 aromatic carbocycles. The van der Waals surface area contributed by atoms with Crippen LogP contribution in [0.15, 0.2) is 42.5 Å². The molecule has 2 saturated heterocycles. The third kappa shape index (κ3) is 4.96. The minimum absolute atomic E-state index is 0.0945. The van der Waals surface area contributed by atoms with E-state index in [1.54, 1.807) is 6.07 Å². The number of para-hydroxylation sites is 2. The number of carbonyl (C=O) groups excluding carboxylic acids is 1. The van der Waals surface area contributed by atoms with Gasteiger partial charge in [-0.15, -0.1) is 0 Å². The van der Waals surface area contributed by atoms with Gasteiger partial charge in [-0.2, -0.15) is 0 Å². The molecule has 0 bridgehead atoms. The monoisotopic (exact) mass is 424 g/mol. The minimum Gasteiger partial charge on any atom is -0.378 e. The smallest absolute Gasteiger partial charge is 0.270 e. The van der Waals surface area contributed by atoms with Gasteiger partial charge in [-0.25, -0.2) is 0 Å². The van der Waals surface area contributed by atoms with E-state index < -0.39 is 4.92 Å². The number of nitro benzene ring substituents is 1. The van der Waals surface area contributed by atoms with Crippen molar-refractivity contribution in [2.24, 2.45) is 0 Å². The summed E-state index contributed by atoms with van der Waals surface area (Å²) in [6, 6.07) is 12.3. The quantitative estimate of drug-likeness (QED) is 0.575. The first-order valence-corrected chi connectivity index (χ1v) is 10.9. The molecule has 31 heavy (non-hydrogen) atoms. The Hall–Kier alpha value is -3.13. The number of nitrogens with one attached hydrogen (secondary N) is 1. The van der Waals surface area contributed by atoms with Crippen LogP contribution in [0.3, 0.4) is 0 Å². The normalized spacial score (nSPS) is 17.2. The minimum atomic E-state index is -0.467. The van der Waals surface area contributed by atoms with Crippen molar-refractivity contribution >= 4 is 28.7 Å². The second kappa shape index (κ2) is 9.78. The molecule has 0 saturated carbocycles. The molecule has 2 heterocycles. The van der Waals surface area contributed by atoms with Crippen LogP contribution in [0.25, 0.3) is 0 Å². The van der Waals surface area contributed by atoms with Gasteiger partial charge in [0.25, 0.3) is 11.6 Å². The van der Waals surface area contributed by atoms with Crippen LogP contribution in [-0.4, -0.2) is 50.2 Å². The maximum absolute atomic E-state index is 13.3. The third-order valence-electron chi connectivity index (χ3n) is 5.89. The van der Waals surface area contributed by atoms with E-state index >= 15 is 0 Å². The Morgan fingerprint density at radius 3 is 2.29 bits per heavy atom. The number of benzene rings is 2. The predicted molar refractivity (Wildman–Crippen MR) is 121 cm³/mol. The highest BCUT2D eigenvalue weighted by Crippen LogP contribution is 2.31. The lowest BCUT2D eigenvalue weighted by Crippen LogP contribution is -2.37. The lowest BCUT2D eigenvalue weighted by Gasteiger charge is -2.30. The molecule has 2 fully saturated rings. The summed E-state index contributed by atoms with van der Waals surface area (Å²) in [6.07, 6.45) is 4.71. The van der Waals surface area contributed by atoms with Crippen molar-refractivity contribution in [3.05, 3.63) is 58.1 Å². The largest absolute Gasteiger partial charge is 0.378 e. The molecule has 2 aliphatic heterocycles. The number of carbonyl (C=O) groups is 1. The first kappa shape index (κ1) is 21.1. The first-order valence-electron chi connectivity index (χ1n) is 10.9. The summed E-state index contributed by atoms with van der Waals surface area (Å²) >= 11 is 0. The van der Waals surface area contributed by atoms with E-state index in [1.807, 2.05) is 29.2 Å². The zero-order valence-electron chi connectivity index (χ0n) is 17.6. The molecular formula is C23H28N4O4. The standard InChI is InChI=1S/C23H28N4O4/c28-23(24-20-7-3-4-8-22(20)25-11-5-1-2-6-12-25)19-17-18(27(29)30)9-10-21(19)26-13-15-31-16-14-26/h3-4,7-10,17H,1-2,5-6,11-16H2,(H,24,28). The fraction of sp³-hybridized carbons (Fsp3) is 0.435. The molecule has 2 aliphatic rings. The van der Waals surface area contributed by atoms with Gasteiger partial charge in [0.2, 0.25) is 0 Å². The van der Waals surface area contributed by atoms with Crippen molar-refractivity contribution in [2.45, 2.75) is 25.7 Å². The van der Waals surface area contributed by atoms with Crippen LogP contribution in [0.1, 0.15) is 36.0 Å². The highest BCUT2D eigenvalue weighted by atomic mass is 16.6. The number of amides is 1. The number of nitrogens with zero attached hydrogens (tertiary/aromatic N) is 3. The van der Waals surface area contributed by atoms with Crippen molar-refractivity contribution < 1.29 is 14.5 Å². The predicted octanol–water partition coefficient (Wildman–Crippen LogP) is 4.06. The lowest BCUT2D eigenvalue weighted by atomic mass is 10.1. The molecule has 0 atom stereocenters. The van der Waals surface area contributed by atoms with Gasteiger partial charge in [0.05, 0.1) is 40.8 Å². The second-order valence-corrected chi connectivity index (χ2v) is 7.93. The van der Waals surface area contributed by atoms with Gasteiger partial charge in [-0.3, -0.25) is 14.9 Å². The van der Waals surface area contributed by atoms with Crippen LogP contribution < -0.4 is 15.1 Å². The fourth-order valence-electron chi connectivity index (χ4n) is 4.26. The SMILES string of the molecule is O=C(Nc1ccccc1N1CCCCCC1)c1cc([N+](=O)[O-])ccc1N1CCOCC1. The molecule has 0 unspecified atom stereocenters. The maximum atomic E-state index is 13.3. The van der Waals surface area contributed by atoms with E-state index in [4.69, 9.17) is 4.74 Å². The van der Waals surface area contributed by atoms with Gasteiger partial charge in [0.1, 0.15) is 0 Å². The summed E-state index contributed by atoms with van der Waals surface area (Å²) in [4.78, 5) is 28.6. The maximum Gasteiger partial charge on any atom is 0.270 e. The molecule has 0 aliphatic carbocycles. The Balaban J connectivity index is 1.64. The molecule has 0 aromatic heterocycles.